The molecule has 23 heavy (non-hydrogen) atoms. The first-order chi connectivity index (χ1) is 11.0. The number of terminal acetylenes is 1. The Morgan fingerprint density at radius 1 is 0.826 bits per heavy atom. The number of hydrogen-bond donors (Lipinski definition) is 0. The molecule has 0 N–H and O–H groups in total. The lowest BCUT2D eigenvalue weighted by Gasteiger charge is -2.14. The fraction of sp³-hybridized carbons (Fsp3) is 0.238. The summed E-state index contributed by atoms with van der Waals surface area (Å²) in [6.45, 7) is 7.26. The van der Waals surface area contributed by atoms with Gasteiger partial charge in [0.15, 0.2) is 0 Å². The Balaban J connectivity index is 1.95. The Hall–Kier alpha value is -1.87. The van der Waals surface area contributed by atoms with Crippen LogP contribution in [0.5, 0.6) is 0 Å². The molecule has 0 bridgehead atoms. The van der Waals surface area contributed by atoms with Crippen molar-refractivity contribution in [1.82, 2.24) is 0 Å². The van der Waals surface area contributed by atoms with E-state index in [0.717, 1.165) is 16.7 Å². The zero-order valence-corrected chi connectivity index (χ0v) is 15.8. The lowest BCUT2D eigenvalue weighted by atomic mass is 10.1. The second kappa shape index (κ2) is 8.11. The molecule has 2 aromatic rings. The summed E-state index contributed by atoms with van der Waals surface area (Å²) in [5, 5.41) is 0. The molecule has 2 rings (SSSR count). The van der Waals surface area contributed by atoms with Gasteiger partial charge in [0.1, 0.15) is 0 Å². The second-order valence-corrected chi connectivity index (χ2v) is 13.4. The van der Waals surface area contributed by atoms with Crippen LogP contribution in [0.25, 0.3) is 0 Å². The summed E-state index contributed by atoms with van der Waals surface area (Å²) in [6.07, 6.45) is 5.35. The zero-order valence-electron chi connectivity index (χ0n) is 14.0. The van der Waals surface area contributed by atoms with Crippen molar-refractivity contribution in [3.05, 3.63) is 65.2 Å². The molecular formula is C21H22SSi. The highest BCUT2D eigenvalue weighted by atomic mass is 32.2. The van der Waals surface area contributed by atoms with Gasteiger partial charge in [-0.2, -0.15) is 0 Å². The fourth-order valence-electron chi connectivity index (χ4n) is 1.90. The van der Waals surface area contributed by atoms with Gasteiger partial charge >= 0.3 is 0 Å². The molecule has 116 valence electrons. The molecule has 0 amide bonds. The quantitative estimate of drug-likeness (QED) is 0.404. The van der Waals surface area contributed by atoms with E-state index in [-0.39, 0.29) is 0 Å². The van der Waals surface area contributed by atoms with Gasteiger partial charge in [0.2, 0.25) is 0 Å². The van der Waals surface area contributed by atoms with E-state index in [1.165, 1.54) is 16.7 Å². The van der Waals surface area contributed by atoms with Crippen molar-refractivity contribution in [3.8, 4) is 24.2 Å². The van der Waals surface area contributed by atoms with Crippen molar-refractivity contribution < 1.29 is 0 Å². The van der Waals surface area contributed by atoms with Gasteiger partial charge in [0.05, 0.1) is 0 Å². The van der Waals surface area contributed by atoms with Gasteiger partial charge in [-0.05, 0) is 60.3 Å². The summed E-state index contributed by atoms with van der Waals surface area (Å²) in [4.78, 5) is 1.33. The fourth-order valence-corrected chi connectivity index (χ4v) is 5.33. The first kappa shape index (κ1) is 17.5. The molecule has 0 spiro atoms. The van der Waals surface area contributed by atoms with Crippen LogP contribution < -0.4 is 0 Å². The largest absolute Gasteiger partial charge is 0.126 e. The van der Waals surface area contributed by atoms with Crippen LogP contribution in [0.15, 0.2) is 53.4 Å². The topological polar surface area (TPSA) is 0 Å². The first-order valence-corrected chi connectivity index (χ1v) is 12.5. The molecule has 2 heteroatoms. The molecule has 0 aliphatic heterocycles. The Morgan fingerprint density at radius 3 is 1.78 bits per heavy atom. The van der Waals surface area contributed by atoms with E-state index in [1.54, 1.807) is 0 Å². The van der Waals surface area contributed by atoms with Crippen molar-refractivity contribution in [2.24, 2.45) is 0 Å². The maximum atomic E-state index is 5.35. The molecule has 0 radical (unpaired) electrons. The summed E-state index contributed by atoms with van der Waals surface area (Å²) in [6, 6.07) is 17.6. The monoisotopic (exact) mass is 334 g/mol. The van der Waals surface area contributed by atoms with Crippen LogP contribution in [0.4, 0.5) is 0 Å². The van der Waals surface area contributed by atoms with Crippen LogP contribution >= 0.6 is 11.8 Å². The average Bonchev–Trinajstić information content (AvgIpc) is 2.53. The highest BCUT2D eigenvalue weighted by Crippen LogP contribution is 2.22. The summed E-state index contributed by atoms with van der Waals surface area (Å²) in [5.41, 5.74) is 2.91. The minimum atomic E-state index is -0.935. The molecule has 0 atom stereocenters. The van der Waals surface area contributed by atoms with Crippen LogP contribution in [0.3, 0.4) is 0 Å². The van der Waals surface area contributed by atoms with E-state index in [1.807, 2.05) is 36.0 Å². The molecule has 0 aromatic heterocycles. The molecule has 0 aliphatic rings. The van der Waals surface area contributed by atoms with Gasteiger partial charge in [-0.15, -0.1) is 18.2 Å². The first-order valence-electron chi connectivity index (χ1n) is 7.78. The van der Waals surface area contributed by atoms with Crippen molar-refractivity contribution in [3.63, 3.8) is 0 Å². The predicted octanol–water partition coefficient (Wildman–Crippen LogP) is 5.50. The Bertz CT molecular complexity index is 732. The third-order valence-electron chi connectivity index (χ3n) is 3.38. The molecular weight excluding hydrogens is 312 g/mol. The van der Waals surface area contributed by atoms with Crippen LogP contribution in [0.1, 0.15) is 16.7 Å². The number of hydrogen-bond acceptors (Lipinski definition) is 1. The van der Waals surface area contributed by atoms with E-state index in [9.17, 15) is 0 Å². The normalized spacial score (nSPS) is 10.5. The molecule has 0 saturated carbocycles. The minimum Gasteiger partial charge on any atom is -0.126 e. The highest BCUT2D eigenvalue weighted by Gasteiger charge is 2.11. The maximum Gasteiger partial charge on any atom is 0.0450 e. The average molecular weight is 335 g/mol. The molecule has 0 aliphatic carbocycles. The van der Waals surface area contributed by atoms with E-state index in [0.29, 0.717) is 0 Å². The highest BCUT2D eigenvalue weighted by molar-refractivity contribution is 7.99. The van der Waals surface area contributed by atoms with Crippen LogP contribution in [-0.2, 0) is 0 Å². The van der Waals surface area contributed by atoms with Crippen LogP contribution in [0, 0.1) is 24.2 Å². The smallest absolute Gasteiger partial charge is 0.0450 e. The summed E-state index contributed by atoms with van der Waals surface area (Å²) < 4.78 is 0. The van der Waals surface area contributed by atoms with Crippen molar-refractivity contribution in [2.45, 2.75) is 30.6 Å². The third kappa shape index (κ3) is 6.41. The molecule has 0 unspecified atom stereocenters. The van der Waals surface area contributed by atoms with Gasteiger partial charge in [-0.25, -0.2) is 0 Å². The van der Waals surface area contributed by atoms with E-state index in [2.05, 4.69) is 61.7 Å². The SMILES string of the molecule is C#Cc1ccc(C#Cc2ccc(SCC[Si](C)(C)C)cc2)cc1. The van der Waals surface area contributed by atoms with Crippen molar-refractivity contribution >= 4 is 19.8 Å². The molecule has 0 nitrogen and oxygen atoms in total. The van der Waals surface area contributed by atoms with Crippen LogP contribution in [0.2, 0.25) is 25.7 Å². The lowest BCUT2D eigenvalue weighted by molar-refractivity contribution is 1.35. The Morgan fingerprint density at radius 2 is 1.30 bits per heavy atom. The van der Waals surface area contributed by atoms with Crippen LogP contribution in [-0.4, -0.2) is 13.8 Å². The number of rotatable bonds is 4. The summed E-state index contributed by atoms with van der Waals surface area (Å²) in [5.74, 6) is 10.2. The maximum absolute atomic E-state index is 5.35. The molecule has 0 saturated heterocycles. The predicted molar refractivity (Wildman–Crippen MR) is 106 cm³/mol. The lowest BCUT2D eigenvalue weighted by Crippen LogP contribution is -2.19. The zero-order chi connectivity index (χ0) is 16.7. The van der Waals surface area contributed by atoms with E-state index >= 15 is 0 Å². The van der Waals surface area contributed by atoms with Gasteiger partial charge < -0.3 is 0 Å². The Kier molecular flexibility index (Phi) is 6.17. The minimum absolute atomic E-state index is 0.884. The third-order valence-corrected chi connectivity index (χ3v) is 6.50. The van der Waals surface area contributed by atoms with Crippen molar-refractivity contribution in [2.75, 3.05) is 5.75 Å². The van der Waals surface area contributed by atoms with E-state index in [4.69, 9.17) is 6.42 Å². The van der Waals surface area contributed by atoms with E-state index < -0.39 is 8.07 Å². The molecule has 0 heterocycles. The van der Waals surface area contributed by atoms with Crippen molar-refractivity contribution in [1.29, 1.82) is 0 Å². The number of benzene rings is 2. The van der Waals surface area contributed by atoms with Gasteiger partial charge in [-0.3, -0.25) is 0 Å². The second-order valence-electron chi connectivity index (χ2n) is 6.66. The Labute approximate surface area is 145 Å². The molecule has 2 aromatic carbocycles. The molecule has 0 fully saturated rings. The summed E-state index contributed by atoms with van der Waals surface area (Å²) in [7, 11) is -0.935. The van der Waals surface area contributed by atoms with Gasteiger partial charge in [0.25, 0.3) is 0 Å². The standard InChI is InChI=1S/C21H22SSi/c1-5-18-6-8-19(9-7-18)10-11-20-12-14-21(15-13-20)22-16-17-23(2,3)4/h1,6-9,12-15H,16-17H2,2-4H3. The van der Waals surface area contributed by atoms with Gasteiger partial charge in [0, 0.05) is 29.7 Å². The summed E-state index contributed by atoms with van der Waals surface area (Å²) >= 11 is 1.94. The van der Waals surface area contributed by atoms with Gasteiger partial charge in [-0.1, -0.05) is 37.4 Å². The number of thioether (sulfide) groups is 1.